The van der Waals surface area contributed by atoms with Crippen LogP contribution in [-0.2, 0) is 22.7 Å². The Kier molecular flexibility index (Phi) is 7.42. The summed E-state index contributed by atoms with van der Waals surface area (Å²) in [5, 5.41) is 17.8. The summed E-state index contributed by atoms with van der Waals surface area (Å²) in [4.78, 5) is 17.0. The van der Waals surface area contributed by atoms with E-state index in [4.69, 9.17) is 4.74 Å². The maximum atomic E-state index is 12.8. The number of aliphatic hydroxyl groups is 1. The highest BCUT2D eigenvalue weighted by Gasteiger charge is 2.29. The van der Waals surface area contributed by atoms with Crippen molar-refractivity contribution in [2.24, 2.45) is 11.8 Å². The number of amides is 1. The lowest BCUT2D eigenvalue weighted by Gasteiger charge is -2.35. The van der Waals surface area contributed by atoms with Gasteiger partial charge in [0.25, 0.3) is 0 Å². The van der Waals surface area contributed by atoms with Crippen molar-refractivity contribution >= 4 is 5.91 Å². The van der Waals surface area contributed by atoms with Gasteiger partial charge < -0.3 is 19.6 Å². The third kappa shape index (κ3) is 5.75. The zero-order valence-electron chi connectivity index (χ0n) is 17.5. The van der Waals surface area contributed by atoms with Crippen LogP contribution in [0.5, 0.6) is 0 Å². The fraction of sp³-hybridized carbons (Fsp3) is 0.850. The van der Waals surface area contributed by atoms with Crippen molar-refractivity contribution in [2.75, 3.05) is 33.3 Å². The van der Waals surface area contributed by atoms with E-state index in [0.717, 1.165) is 24.7 Å². The summed E-state index contributed by atoms with van der Waals surface area (Å²) >= 11 is 0. The van der Waals surface area contributed by atoms with Crippen molar-refractivity contribution in [3.63, 3.8) is 0 Å². The van der Waals surface area contributed by atoms with E-state index in [0.29, 0.717) is 32.5 Å². The lowest BCUT2D eigenvalue weighted by molar-refractivity contribution is -0.136. The van der Waals surface area contributed by atoms with Crippen LogP contribution in [0.25, 0.3) is 0 Å². The Hall–Kier alpha value is -1.51. The average molecular weight is 394 g/mol. The van der Waals surface area contributed by atoms with Gasteiger partial charge in [0, 0.05) is 38.5 Å². The van der Waals surface area contributed by atoms with E-state index in [1.807, 2.05) is 16.5 Å². The highest BCUT2D eigenvalue weighted by molar-refractivity contribution is 5.76. The Morgan fingerprint density at radius 1 is 1.39 bits per heavy atom. The maximum Gasteiger partial charge on any atom is 0.222 e. The standard InChI is InChI=1S/C20H35N5O3/c1-15-10-24(16(2)13-26)20(27)5-4-8-25-18(9-21-22-25)14-28-19(15)12-23(3)11-17-6-7-17/h9,15-17,19,26H,4-8,10-14H2,1-3H3/t15-,16-,19+/m1/s1. The molecule has 0 unspecified atom stereocenters. The van der Waals surface area contributed by atoms with E-state index in [2.05, 4.69) is 29.2 Å². The van der Waals surface area contributed by atoms with Crippen LogP contribution in [0.15, 0.2) is 6.20 Å². The van der Waals surface area contributed by atoms with Gasteiger partial charge in [-0.3, -0.25) is 4.79 Å². The number of carbonyl (C=O) groups is 1. The lowest BCUT2D eigenvalue weighted by Crippen LogP contribution is -2.47. The molecule has 0 saturated heterocycles. The number of hydrogen-bond acceptors (Lipinski definition) is 6. The van der Waals surface area contributed by atoms with Crippen molar-refractivity contribution in [3.05, 3.63) is 11.9 Å². The number of aliphatic hydroxyl groups excluding tert-OH is 1. The van der Waals surface area contributed by atoms with E-state index in [-0.39, 0.29) is 30.6 Å². The minimum atomic E-state index is -0.190. The van der Waals surface area contributed by atoms with Crippen LogP contribution in [-0.4, -0.2) is 81.2 Å². The lowest BCUT2D eigenvalue weighted by atomic mass is 10.0. The van der Waals surface area contributed by atoms with Gasteiger partial charge in [-0.2, -0.15) is 0 Å². The van der Waals surface area contributed by atoms with Gasteiger partial charge in [-0.15, -0.1) is 5.10 Å². The van der Waals surface area contributed by atoms with Crippen molar-refractivity contribution in [2.45, 2.75) is 64.8 Å². The predicted octanol–water partition coefficient (Wildman–Crippen LogP) is 1.14. The SMILES string of the molecule is C[C@@H]1CN([C@H](C)CO)C(=O)CCCn2nncc2CO[C@H]1CN(C)CC1CC1. The van der Waals surface area contributed by atoms with Gasteiger partial charge in [-0.05, 0) is 39.2 Å². The molecule has 1 aromatic rings. The summed E-state index contributed by atoms with van der Waals surface area (Å²) in [7, 11) is 2.15. The van der Waals surface area contributed by atoms with Gasteiger partial charge in [-0.1, -0.05) is 12.1 Å². The maximum absolute atomic E-state index is 12.8. The normalized spacial score (nSPS) is 25.9. The molecule has 8 nitrogen and oxygen atoms in total. The molecule has 0 spiro atoms. The summed E-state index contributed by atoms with van der Waals surface area (Å²) in [6, 6.07) is -0.190. The summed E-state index contributed by atoms with van der Waals surface area (Å²) < 4.78 is 8.18. The number of aryl methyl sites for hydroxylation is 1. The van der Waals surface area contributed by atoms with Gasteiger partial charge in [0.2, 0.25) is 5.91 Å². The summed E-state index contributed by atoms with van der Waals surface area (Å²) in [6.45, 7) is 7.66. The number of ether oxygens (including phenoxy) is 1. The second-order valence-corrected chi connectivity index (χ2v) is 8.62. The minimum absolute atomic E-state index is 0.00674. The fourth-order valence-corrected chi connectivity index (χ4v) is 3.87. The Balaban J connectivity index is 1.75. The molecule has 2 aliphatic rings. The molecule has 3 rings (SSSR count). The number of nitrogens with zero attached hydrogens (tertiary/aromatic N) is 5. The van der Waals surface area contributed by atoms with Crippen LogP contribution in [0.3, 0.4) is 0 Å². The number of hydrogen-bond donors (Lipinski definition) is 1. The van der Waals surface area contributed by atoms with E-state index >= 15 is 0 Å². The zero-order valence-corrected chi connectivity index (χ0v) is 17.5. The first-order valence-corrected chi connectivity index (χ1v) is 10.6. The molecule has 3 atom stereocenters. The van der Waals surface area contributed by atoms with Crippen LogP contribution >= 0.6 is 0 Å². The van der Waals surface area contributed by atoms with E-state index in [1.165, 1.54) is 12.8 Å². The van der Waals surface area contributed by atoms with Gasteiger partial charge in [0.15, 0.2) is 0 Å². The molecule has 1 amide bonds. The quantitative estimate of drug-likeness (QED) is 0.780. The smallest absolute Gasteiger partial charge is 0.222 e. The van der Waals surface area contributed by atoms with Crippen molar-refractivity contribution in [1.29, 1.82) is 0 Å². The zero-order chi connectivity index (χ0) is 20.1. The molecule has 1 saturated carbocycles. The summed E-state index contributed by atoms with van der Waals surface area (Å²) in [5.74, 6) is 1.06. The van der Waals surface area contributed by atoms with Gasteiger partial charge in [0.05, 0.1) is 37.3 Å². The molecule has 2 heterocycles. The second kappa shape index (κ2) is 9.80. The molecule has 1 fully saturated rings. The Morgan fingerprint density at radius 3 is 2.89 bits per heavy atom. The average Bonchev–Trinajstić information content (AvgIpc) is 3.37. The number of carbonyl (C=O) groups excluding carboxylic acids is 1. The van der Waals surface area contributed by atoms with Gasteiger partial charge >= 0.3 is 0 Å². The molecule has 1 aliphatic carbocycles. The van der Waals surface area contributed by atoms with Crippen LogP contribution in [0.2, 0.25) is 0 Å². The predicted molar refractivity (Wildman–Crippen MR) is 105 cm³/mol. The highest BCUT2D eigenvalue weighted by atomic mass is 16.5. The molecule has 0 radical (unpaired) electrons. The number of aromatic nitrogens is 3. The molecular formula is C20H35N5O3. The van der Waals surface area contributed by atoms with E-state index in [1.54, 1.807) is 6.20 Å². The number of rotatable bonds is 6. The third-order valence-corrected chi connectivity index (χ3v) is 5.90. The third-order valence-electron chi connectivity index (χ3n) is 5.90. The molecule has 1 N–H and O–H groups in total. The highest BCUT2D eigenvalue weighted by Crippen LogP contribution is 2.29. The van der Waals surface area contributed by atoms with Crippen molar-refractivity contribution in [1.82, 2.24) is 24.8 Å². The fourth-order valence-electron chi connectivity index (χ4n) is 3.87. The van der Waals surface area contributed by atoms with E-state index < -0.39 is 0 Å². The molecule has 158 valence electrons. The minimum Gasteiger partial charge on any atom is -0.394 e. The first kappa shape index (κ1) is 21.2. The van der Waals surface area contributed by atoms with Crippen LogP contribution in [0.4, 0.5) is 0 Å². The molecule has 8 heteroatoms. The van der Waals surface area contributed by atoms with Gasteiger partial charge in [-0.25, -0.2) is 4.68 Å². The van der Waals surface area contributed by atoms with Crippen molar-refractivity contribution < 1.29 is 14.6 Å². The van der Waals surface area contributed by atoms with Gasteiger partial charge in [0.1, 0.15) is 0 Å². The Bertz CT molecular complexity index is 633. The first-order valence-electron chi connectivity index (χ1n) is 10.6. The molecular weight excluding hydrogens is 358 g/mol. The molecule has 28 heavy (non-hydrogen) atoms. The largest absolute Gasteiger partial charge is 0.394 e. The number of likely N-dealkylation sites (N-methyl/N-ethyl adjacent to an activating group) is 1. The summed E-state index contributed by atoms with van der Waals surface area (Å²) in [6.07, 6.45) is 5.55. The van der Waals surface area contributed by atoms with Crippen molar-refractivity contribution in [3.8, 4) is 0 Å². The summed E-state index contributed by atoms with van der Waals surface area (Å²) in [5.41, 5.74) is 0.954. The van der Waals surface area contributed by atoms with Crippen LogP contribution < -0.4 is 0 Å². The first-order chi connectivity index (χ1) is 13.5. The topological polar surface area (TPSA) is 83.7 Å². The van der Waals surface area contributed by atoms with E-state index in [9.17, 15) is 9.90 Å². The van der Waals surface area contributed by atoms with Crippen LogP contribution in [0, 0.1) is 11.8 Å². The number of fused-ring (bicyclic) bond motifs is 1. The Labute approximate surface area is 167 Å². The molecule has 0 bridgehead atoms. The monoisotopic (exact) mass is 393 g/mol. The Morgan fingerprint density at radius 2 is 2.18 bits per heavy atom. The molecule has 0 aromatic carbocycles. The molecule has 1 aliphatic heterocycles. The second-order valence-electron chi connectivity index (χ2n) is 8.62. The van der Waals surface area contributed by atoms with Crippen LogP contribution in [0.1, 0.15) is 45.2 Å². The molecule has 1 aromatic heterocycles.